The molecule has 0 radical (unpaired) electrons. The first-order valence-electron chi connectivity index (χ1n) is 12.4. The zero-order chi connectivity index (χ0) is 21.8. The molecule has 1 aromatic carbocycles. The van der Waals surface area contributed by atoms with E-state index in [4.69, 9.17) is 21.1 Å². The van der Waals surface area contributed by atoms with Gasteiger partial charge in [-0.1, -0.05) is 0 Å². The molecule has 1 saturated carbocycles. The number of hydrogen-bond donors (Lipinski definition) is 0. The number of benzene rings is 1. The fourth-order valence-electron chi connectivity index (χ4n) is 5.78. The van der Waals surface area contributed by atoms with Crippen LogP contribution in [0, 0.1) is 17.8 Å². The summed E-state index contributed by atoms with van der Waals surface area (Å²) in [5.41, 5.74) is 1.98. The highest BCUT2D eigenvalue weighted by atomic mass is 35.5. The van der Waals surface area contributed by atoms with Crippen molar-refractivity contribution in [3.8, 4) is 11.5 Å². The van der Waals surface area contributed by atoms with Crippen LogP contribution in [0.5, 0.6) is 11.5 Å². The van der Waals surface area contributed by atoms with Crippen LogP contribution in [0.1, 0.15) is 74.7 Å². The summed E-state index contributed by atoms with van der Waals surface area (Å²) in [4.78, 5) is 15.8. The minimum atomic E-state index is 0.122. The number of carbonyl (C=O) groups excluding carboxylic acids is 1. The Balaban J connectivity index is 1.29. The molecule has 0 bridgehead atoms. The standard InChI is InChI=1S/C26H38ClNO3/c1-3-30-24-15-20-14-21(26(29)23(20)16-25(24)31-4-2)13-18-9-11-28(12-10-18)17-19-5-7-22(27)8-6-19/h15-16,18-19,21-22H,3-14,17H2,1-2H3. The number of fused-ring (bicyclic) bond motifs is 1. The Morgan fingerprint density at radius 1 is 0.935 bits per heavy atom. The van der Waals surface area contributed by atoms with E-state index in [9.17, 15) is 4.79 Å². The molecule has 0 N–H and O–H groups in total. The van der Waals surface area contributed by atoms with Gasteiger partial charge in [0.2, 0.25) is 0 Å². The highest BCUT2D eigenvalue weighted by molar-refractivity contribution is 6.20. The van der Waals surface area contributed by atoms with Crippen molar-refractivity contribution in [2.75, 3.05) is 32.8 Å². The van der Waals surface area contributed by atoms with Crippen LogP contribution >= 0.6 is 11.6 Å². The Morgan fingerprint density at radius 3 is 2.23 bits per heavy atom. The number of piperidine rings is 1. The van der Waals surface area contributed by atoms with Crippen LogP contribution in [0.25, 0.3) is 0 Å². The van der Waals surface area contributed by atoms with Gasteiger partial charge in [-0.3, -0.25) is 4.79 Å². The maximum atomic E-state index is 13.1. The van der Waals surface area contributed by atoms with Gasteiger partial charge in [0.25, 0.3) is 0 Å². The molecule has 172 valence electrons. The topological polar surface area (TPSA) is 38.8 Å². The van der Waals surface area contributed by atoms with Gasteiger partial charge in [0.05, 0.1) is 13.2 Å². The van der Waals surface area contributed by atoms with Gasteiger partial charge in [-0.05, 0) is 108 Å². The van der Waals surface area contributed by atoms with Crippen molar-refractivity contribution < 1.29 is 14.3 Å². The van der Waals surface area contributed by atoms with Crippen molar-refractivity contribution in [3.63, 3.8) is 0 Å². The van der Waals surface area contributed by atoms with Gasteiger partial charge in [-0.2, -0.15) is 0 Å². The van der Waals surface area contributed by atoms with Gasteiger partial charge >= 0.3 is 0 Å². The molecule has 0 aromatic heterocycles. The molecule has 31 heavy (non-hydrogen) atoms. The van der Waals surface area contributed by atoms with Gasteiger partial charge < -0.3 is 14.4 Å². The number of hydrogen-bond acceptors (Lipinski definition) is 4. The number of nitrogens with zero attached hydrogens (tertiary/aromatic N) is 1. The van der Waals surface area contributed by atoms with E-state index in [0.717, 1.165) is 35.6 Å². The van der Waals surface area contributed by atoms with Crippen molar-refractivity contribution in [1.29, 1.82) is 0 Å². The molecule has 1 aliphatic heterocycles. The summed E-state index contributed by atoms with van der Waals surface area (Å²) in [7, 11) is 0. The van der Waals surface area contributed by atoms with Crippen LogP contribution in [0.2, 0.25) is 0 Å². The maximum Gasteiger partial charge on any atom is 0.166 e. The molecule has 4 nitrogen and oxygen atoms in total. The number of carbonyl (C=O) groups is 1. The molecule has 2 aliphatic carbocycles. The van der Waals surface area contributed by atoms with E-state index in [1.54, 1.807) is 0 Å². The second kappa shape index (κ2) is 10.6. The number of halogens is 1. The molecule has 2 fully saturated rings. The van der Waals surface area contributed by atoms with Crippen LogP contribution in [0.3, 0.4) is 0 Å². The molecular formula is C26H38ClNO3. The molecule has 4 rings (SSSR count). The van der Waals surface area contributed by atoms with Gasteiger partial charge in [0.15, 0.2) is 17.3 Å². The fraction of sp³-hybridized carbons (Fsp3) is 0.731. The molecule has 1 aromatic rings. The third-order valence-electron chi connectivity index (χ3n) is 7.49. The van der Waals surface area contributed by atoms with Crippen LogP contribution in [-0.2, 0) is 6.42 Å². The highest BCUT2D eigenvalue weighted by Gasteiger charge is 2.35. The Hall–Kier alpha value is -1.26. The average Bonchev–Trinajstić information content (AvgIpc) is 3.06. The Kier molecular flexibility index (Phi) is 7.81. The molecule has 1 atom stereocenters. The first-order valence-corrected chi connectivity index (χ1v) is 12.8. The zero-order valence-corrected chi connectivity index (χ0v) is 20.0. The van der Waals surface area contributed by atoms with Crippen LogP contribution < -0.4 is 9.47 Å². The predicted octanol–water partition coefficient (Wildman–Crippen LogP) is 5.74. The SMILES string of the molecule is CCOc1cc2c(cc1OCC)C(=O)C(CC1CCN(CC3CCC(Cl)CC3)CC1)C2. The first-order chi connectivity index (χ1) is 15.1. The van der Waals surface area contributed by atoms with E-state index >= 15 is 0 Å². The van der Waals surface area contributed by atoms with Gasteiger partial charge in [-0.25, -0.2) is 0 Å². The second-order valence-electron chi connectivity index (χ2n) is 9.69. The molecule has 1 heterocycles. The van der Waals surface area contributed by atoms with Crippen molar-refractivity contribution >= 4 is 17.4 Å². The van der Waals surface area contributed by atoms with E-state index in [0.29, 0.717) is 36.0 Å². The lowest BCUT2D eigenvalue weighted by atomic mass is 9.84. The van der Waals surface area contributed by atoms with E-state index in [2.05, 4.69) is 4.90 Å². The van der Waals surface area contributed by atoms with Gasteiger partial charge in [-0.15, -0.1) is 11.6 Å². The van der Waals surface area contributed by atoms with Crippen molar-refractivity contribution in [1.82, 2.24) is 4.90 Å². The predicted molar refractivity (Wildman–Crippen MR) is 126 cm³/mol. The summed E-state index contributed by atoms with van der Waals surface area (Å²) in [5, 5.41) is 0.407. The lowest BCUT2D eigenvalue weighted by Crippen LogP contribution is -2.38. The van der Waals surface area contributed by atoms with Crippen molar-refractivity contribution in [3.05, 3.63) is 23.3 Å². The number of Topliss-reactive ketones (excluding diaryl/α,β-unsaturated/α-hetero) is 1. The van der Waals surface area contributed by atoms with E-state index < -0.39 is 0 Å². The lowest BCUT2D eigenvalue weighted by molar-refractivity contribution is 0.0888. The van der Waals surface area contributed by atoms with Crippen LogP contribution in [0.15, 0.2) is 12.1 Å². The van der Waals surface area contributed by atoms with Gasteiger partial charge in [0.1, 0.15) is 0 Å². The number of ketones is 1. The highest BCUT2D eigenvalue weighted by Crippen LogP contribution is 2.40. The van der Waals surface area contributed by atoms with E-state index in [1.807, 2.05) is 26.0 Å². The number of likely N-dealkylation sites (tertiary alicyclic amines) is 1. The van der Waals surface area contributed by atoms with Crippen LogP contribution in [-0.4, -0.2) is 48.9 Å². The summed E-state index contributed by atoms with van der Waals surface area (Å²) in [5.74, 6) is 3.39. The molecule has 0 spiro atoms. The lowest BCUT2D eigenvalue weighted by Gasteiger charge is -2.36. The minimum Gasteiger partial charge on any atom is -0.490 e. The first kappa shape index (κ1) is 22.9. The summed E-state index contributed by atoms with van der Waals surface area (Å²) in [6.07, 6.45) is 9.26. The molecule has 1 unspecified atom stereocenters. The number of rotatable bonds is 8. The van der Waals surface area contributed by atoms with E-state index in [1.165, 1.54) is 58.2 Å². The second-order valence-corrected chi connectivity index (χ2v) is 10.3. The third-order valence-corrected chi connectivity index (χ3v) is 7.93. The quantitative estimate of drug-likeness (QED) is 0.476. The Labute approximate surface area is 192 Å². The third kappa shape index (κ3) is 5.57. The molecule has 0 amide bonds. The average molecular weight is 448 g/mol. The molecule has 3 aliphatic rings. The summed E-state index contributed by atoms with van der Waals surface area (Å²) in [6.45, 7) is 8.72. The van der Waals surface area contributed by atoms with Crippen LogP contribution in [0.4, 0.5) is 0 Å². The van der Waals surface area contributed by atoms with Gasteiger partial charge in [0, 0.05) is 23.4 Å². The number of ether oxygens (including phenoxy) is 2. The minimum absolute atomic E-state index is 0.122. The van der Waals surface area contributed by atoms with Crippen molar-refractivity contribution in [2.45, 2.75) is 70.6 Å². The maximum absolute atomic E-state index is 13.1. The fourth-order valence-corrected chi connectivity index (χ4v) is 6.03. The van der Waals surface area contributed by atoms with E-state index in [-0.39, 0.29) is 5.92 Å². The summed E-state index contributed by atoms with van der Waals surface area (Å²) < 4.78 is 11.5. The monoisotopic (exact) mass is 447 g/mol. The Bertz CT molecular complexity index is 751. The zero-order valence-electron chi connectivity index (χ0n) is 19.2. The molecular weight excluding hydrogens is 410 g/mol. The molecule has 1 saturated heterocycles. The molecule has 5 heteroatoms. The summed E-state index contributed by atoms with van der Waals surface area (Å²) >= 11 is 6.26. The van der Waals surface area contributed by atoms with Crippen molar-refractivity contribution in [2.24, 2.45) is 17.8 Å². The largest absolute Gasteiger partial charge is 0.490 e. The summed E-state index contributed by atoms with van der Waals surface area (Å²) in [6, 6.07) is 3.96. The Morgan fingerprint density at radius 2 is 1.58 bits per heavy atom. The smallest absolute Gasteiger partial charge is 0.166 e. The number of alkyl halides is 1. The normalized spacial score (nSPS) is 27.3.